The number of nitrogens with one attached hydrogen (secondary N) is 3. The van der Waals surface area contributed by atoms with Crippen molar-refractivity contribution in [2.24, 2.45) is 0 Å². The number of hydrogen-bond acceptors (Lipinski definition) is 4. The van der Waals surface area contributed by atoms with Crippen LogP contribution in [0.3, 0.4) is 0 Å². The topological polar surface area (TPSA) is 113 Å². The van der Waals surface area contributed by atoms with Crippen molar-refractivity contribution < 1.29 is 9.59 Å². The number of anilines is 2. The molecule has 1 aromatic carbocycles. The van der Waals surface area contributed by atoms with Crippen molar-refractivity contribution in [3.05, 3.63) is 41.1 Å². The highest BCUT2D eigenvalue weighted by Gasteiger charge is 2.19. The average molecular weight is 271 g/mol. The Hall–Kier alpha value is -2.83. The third-order valence-corrected chi connectivity index (χ3v) is 3.18. The zero-order chi connectivity index (χ0) is 14.1. The molecule has 0 radical (unpaired) electrons. The molecule has 1 aliphatic heterocycles. The number of rotatable bonds is 3. The van der Waals surface area contributed by atoms with Crippen molar-refractivity contribution in [2.45, 2.75) is 13.0 Å². The Morgan fingerprint density at radius 3 is 3.05 bits per heavy atom. The van der Waals surface area contributed by atoms with Gasteiger partial charge in [0.2, 0.25) is 5.91 Å². The Labute approximate surface area is 114 Å². The standard InChI is InChI=1S/C13H13N5O2/c14-12-9(6-16-18-12)5-15-13(20)7-1-2-10-8(3-7)4-11(19)17-10/h1-3,6H,4-5H2,(H,15,20)(H,17,19)(H3,14,16,18). The van der Waals surface area contributed by atoms with Gasteiger partial charge in [0.1, 0.15) is 5.82 Å². The van der Waals surface area contributed by atoms with Crippen LogP contribution in [0, 0.1) is 0 Å². The molecule has 102 valence electrons. The molecule has 0 bridgehead atoms. The van der Waals surface area contributed by atoms with Gasteiger partial charge < -0.3 is 16.4 Å². The number of aromatic nitrogens is 2. The molecule has 0 saturated heterocycles. The van der Waals surface area contributed by atoms with Crippen molar-refractivity contribution in [3.8, 4) is 0 Å². The number of aromatic amines is 1. The summed E-state index contributed by atoms with van der Waals surface area (Å²) in [7, 11) is 0. The third kappa shape index (κ3) is 2.20. The molecule has 7 heteroatoms. The minimum atomic E-state index is -0.215. The molecule has 0 fully saturated rings. The number of nitrogens with zero attached hydrogens (tertiary/aromatic N) is 1. The molecule has 0 aliphatic carbocycles. The highest BCUT2D eigenvalue weighted by Crippen LogP contribution is 2.23. The van der Waals surface area contributed by atoms with Crippen molar-refractivity contribution in [1.82, 2.24) is 15.5 Å². The Balaban J connectivity index is 1.70. The summed E-state index contributed by atoms with van der Waals surface area (Å²) in [4.78, 5) is 23.3. The normalized spacial score (nSPS) is 12.9. The predicted octanol–water partition coefficient (Wildman–Crippen LogP) is 0.416. The van der Waals surface area contributed by atoms with E-state index in [1.54, 1.807) is 24.4 Å². The fraction of sp³-hybridized carbons (Fsp3) is 0.154. The number of H-pyrrole nitrogens is 1. The number of carbonyl (C=O) groups excluding carboxylic acids is 2. The van der Waals surface area contributed by atoms with Gasteiger partial charge in [-0.15, -0.1) is 0 Å². The van der Waals surface area contributed by atoms with Gasteiger partial charge in [-0.05, 0) is 23.8 Å². The van der Waals surface area contributed by atoms with E-state index in [1.165, 1.54) is 0 Å². The monoisotopic (exact) mass is 271 g/mol. The lowest BCUT2D eigenvalue weighted by Gasteiger charge is -2.06. The van der Waals surface area contributed by atoms with E-state index in [2.05, 4.69) is 20.8 Å². The molecule has 20 heavy (non-hydrogen) atoms. The smallest absolute Gasteiger partial charge is 0.251 e. The molecule has 3 rings (SSSR count). The summed E-state index contributed by atoms with van der Waals surface area (Å²) in [5.74, 6) is 0.172. The van der Waals surface area contributed by atoms with E-state index in [9.17, 15) is 9.59 Å². The maximum atomic E-state index is 12.0. The van der Waals surface area contributed by atoms with Crippen LogP contribution in [-0.2, 0) is 17.8 Å². The van der Waals surface area contributed by atoms with Crippen molar-refractivity contribution >= 4 is 23.3 Å². The average Bonchev–Trinajstić information content (AvgIpc) is 2.99. The van der Waals surface area contributed by atoms with Gasteiger partial charge in [0, 0.05) is 23.4 Å². The van der Waals surface area contributed by atoms with Gasteiger partial charge in [0.05, 0.1) is 12.6 Å². The fourth-order valence-corrected chi connectivity index (χ4v) is 2.11. The van der Waals surface area contributed by atoms with Crippen LogP contribution in [0.1, 0.15) is 21.5 Å². The summed E-state index contributed by atoms with van der Waals surface area (Å²) < 4.78 is 0. The molecule has 7 nitrogen and oxygen atoms in total. The zero-order valence-electron chi connectivity index (χ0n) is 10.6. The molecular weight excluding hydrogens is 258 g/mol. The molecule has 2 aromatic rings. The number of carbonyl (C=O) groups is 2. The van der Waals surface area contributed by atoms with E-state index in [4.69, 9.17) is 5.73 Å². The maximum absolute atomic E-state index is 12.0. The van der Waals surface area contributed by atoms with E-state index in [-0.39, 0.29) is 11.8 Å². The fourth-order valence-electron chi connectivity index (χ4n) is 2.11. The van der Waals surface area contributed by atoms with Crippen molar-refractivity contribution in [3.63, 3.8) is 0 Å². The summed E-state index contributed by atoms with van der Waals surface area (Å²) >= 11 is 0. The molecule has 1 aliphatic rings. The Bertz CT molecular complexity index is 692. The SMILES string of the molecule is Nc1[nH]ncc1CNC(=O)c1ccc2c(c1)CC(=O)N2. The number of fused-ring (bicyclic) bond motifs is 1. The molecule has 2 amide bonds. The van der Waals surface area contributed by atoms with Crippen LogP contribution in [0.2, 0.25) is 0 Å². The largest absolute Gasteiger partial charge is 0.384 e. The minimum Gasteiger partial charge on any atom is -0.384 e. The maximum Gasteiger partial charge on any atom is 0.251 e. The van der Waals surface area contributed by atoms with Gasteiger partial charge in [-0.3, -0.25) is 14.7 Å². The van der Waals surface area contributed by atoms with Crippen LogP contribution in [0.25, 0.3) is 0 Å². The Morgan fingerprint density at radius 1 is 1.45 bits per heavy atom. The molecular formula is C13H13N5O2. The van der Waals surface area contributed by atoms with Gasteiger partial charge in [0.15, 0.2) is 0 Å². The van der Waals surface area contributed by atoms with E-state index in [0.717, 1.165) is 16.8 Å². The summed E-state index contributed by atoms with van der Waals surface area (Å²) in [6.07, 6.45) is 1.88. The highest BCUT2D eigenvalue weighted by molar-refractivity contribution is 6.01. The molecule has 5 N–H and O–H groups in total. The second kappa shape index (κ2) is 4.69. The summed E-state index contributed by atoms with van der Waals surface area (Å²) in [6.45, 7) is 0.301. The van der Waals surface area contributed by atoms with E-state index >= 15 is 0 Å². The van der Waals surface area contributed by atoms with Gasteiger partial charge >= 0.3 is 0 Å². The highest BCUT2D eigenvalue weighted by atomic mass is 16.2. The third-order valence-electron chi connectivity index (χ3n) is 3.18. The van der Waals surface area contributed by atoms with Gasteiger partial charge in [0.25, 0.3) is 5.91 Å². The van der Waals surface area contributed by atoms with Crippen molar-refractivity contribution in [2.75, 3.05) is 11.1 Å². The molecule has 0 saturated carbocycles. The number of nitrogens with two attached hydrogens (primary N) is 1. The van der Waals surface area contributed by atoms with Crippen LogP contribution >= 0.6 is 0 Å². The zero-order valence-corrected chi connectivity index (χ0v) is 10.6. The lowest BCUT2D eigenvalue weighted by atomic mass is 10.1. The number of nitrogen functional groups attached to an aromatic ring is 1. The first-order valence-electron chi connectivity index (χ1n) is 6.12. The molecule has 0 atom stereocenters. The minimum absolute atomic E-state index is 0.0521. The number of benzene rings is 1. The number of amides is 2. The summed E-state index contributed by atoms with van der Waals surface area (Å²) in [5.41, 5.74) is 8.50. The van der Waals surface area contributed by atoms with E-state index < -0.39 is 0 Å². The Morgan fingerprint density at radius 2 is 2.30 bits per heavy atom. The summed E-state index contributed by atoms with van der Waals surface area (Å²) in [6, 6.07) is 5.14. The van der Waals surface area contributed by atoms with E-state index in [1.807, 2.05) is 0 Å². The first-order chi connectivity index (χ1) is 9.63. The molecule has 1 aromatic heterocycles. The lowest BCUT2D eigenvalue weighted by molar-refractivity contribution is -0.115. The van der Waals surface area contributed by atoms with Gasteiger partial charge in [-0.2, -0.15) is 5.10 Å². The van der Waals surface area contributed by atoms with E-state index in [0.29, 0.717) is 24.3 Å². The first kappa shape index (κ1) is 12.2. The van der Waals surface area contributed by atoms with Crippen LogP contribution in [0.5, 0.6) is 0 Å². The quantitative estimate of drug-likeness (QED) is 0.647. The number of hydrogen-bond donors (Lipinski definition) is 4. The molecule has 0 spiro atoms. The lowest BCUT2D eigenvalue weighted by Crippen LogP contribution is -2.23. The van der Waals surface area contributed by atoms with Gasteiger partial charge in [-0.25, -0.2) is 0 Å². The van der Waals surface area contributed by atoms with Crippen LogP contribution in [0.4, 0.5) is 11.5 Å². The van der Waals surface area contributed by atoms with Crippen LogP contribution in [-0.4, -0.2) is 22.0 Å². The predicted molar refractivity (Wildman–Crippen MR) is 72.9 cm³/mol. The van der Waals surface area contributed by atoms with Crippen LogP contribution in [0.15, 0.2) is 24.4 Å². The second-order valence-electron chi connectivity index (χ2n) is 4.59. The molecule has 0 unspecified atom stereocenters. The Kier molecular flexibility index (Phi) is 2.86. The second-order valence-corrected chi connectivity index (χ2v) is 4.59. The van der Waals surface area contributed by atoms with Crippen LogP contribution < -0.4 is 16.4 Å². The van der Waals surface area contributed by atoms with Gasteiger partial charge in [-0.1, -0.05) is 0 Å². The first-order valence-corrected chi connectivity index (χ1v) is 6.12. The summed E-state index contributed by atoms with van der Waals surface area (Å²) in [5, 5.41) is 11.9. The molecule has 2 heterocycles. The van der Waals surface area contributed by atoms with Crippen molar-refractivity contribution in [1.29, 1.82) is 0 Å².